The van der Waals surface area contributed by atoms with Crippen LogP contribution in [0.4, 0.5) is 5.69 Å². The van der Waals surface area contributed by atoms with Gasteiger partial charge < -0.3 is 10.6 Å². The lowest BCUT2D eigenvalue weighted by Crippen LogP contribution is -2.27. The van der Waals surface area contributed by atoms with Gasteiger partial charge in [0, 0.05) is 26.7 Å². The van der Waals surface area contributed by atoms with Gasteiger partial charge in [-0.1, -0.05) is 0 Å². The average Bonchev–Trinajstić information content (AvgIpc) is 2.08. The van der Waals surface area contributed by atoms with Gasteiger partial charge in [0.15, 0.2) is 0 Å². The van der Waals surface area contributed by atoms with E-state index < -0.39 is 0 Å². The highest BCUT2D eigenvalue weighted by atomic mass is 16.1. The molecular weight excluding hydrogens is 168 g/mol. The van der Waals surface area contributed by atoms with Crippen molar-refractivity contribution in [2.45, 2.75) is 6.54 Å². The fourth-order valence-corrected chi connectivity index (χ4v) is 0.959. The van der Waals surface area contributed by atoms with Gasteiger partial charge in [0.2, 0.25) is 0 Å². The zero-order valence-corrected chi connectivity index (χ0v) is 7.90. The summed E-state index contributed by atoms with van der Waals surface area (Å²) >= 11 is 0. The number of nitrogens with two attached hydrogens (primary N) is 1. The van der Waals surface area contributed by atoms with Crippen LogP contribution in [-0.4, -0.2) is 30.4 Å². The van der Waals surface area contributed by atoms with Crippen LogP contribution in [-0.2, 0) is 6.54 Å². The van der Waals surface area contributed by atoms with E-state index in [4.69, 9.17) is 5.73 Å². The van der Waals surface area contributed by atoms with Crippen LogP contribution in [0.2, 0.25) is 0 Å². The lowest BCUT2D eigenvalue weighted by molar-refractivity contribution is 0.587. The van der Waals surface area contributed by atoms with Gasteiger partial charge in [0.25, 0.3) is 5.56 Å². The zero-order chi connectivity index (χ0) is 9.84. The summed E-state index contributed by atoms with van der Waals surface area (Å²) in [6.07, 6.45) is 1.65. The van der Waals surface area contributed by atoms with E-state index in [0.29, 0.717) is 13.1 Å². The van der Waals surface area contributed by atoms with Crippen LogP contribution in [0.5, 0.6) is 0 Å². The fraction of sp³-hybridized carbons (Fsp3) is 0.500. The molecule has 72 valence electrons. The second-order valence-electron chi connectivity index (χ2n) is 2.96. The predicted octanol–water partition coefficient (Wildman–Crippen LogP) is -0.732. The number of aromatic nitrogens is 2. The monoisotopic (exact) mass is 182 g/mol. The van der Waals surface area contributed by atoms with Crippen molar-refractivity contribution in [2.75, 3.05) is 25.5 Å². The first-order valence-corrected chi connectivity index (χ1v) is 4.09. The Bertz CT molecular complexity index is 331. The molecule has 0 bridgehead atoms. The highest BCUT2D eigenvalue weighted by Gasteiger charge is 1.99. The standard InChI is InChI=1S/C8H14N4O/c1-11(2)7-5-8(13)12(4-3-9)10-6-7/h5-6H,3-4,9H2,1-2H3. The highest BCUT2D eigenvalue weighted by Crippen LogP contribution is 2.02. The molecule has 0 radical (unpaired) electrons. The van der Waals surface area contributed by atoms with Gasteiger partial charge in [0.1, 0.15) is 0 Å². The van der Waals surface area contributed by atoms with Crippen molar-refractivity contribution in [2.24, 2.45) is 5.73 Å². The molecule has 13 heavy (non-hydrogen) atoms. The molecule has 0 aliphatic carbocycles. The van der Waals surface area contributed by atoms with Crippen molar-refractivity contribution >= 4 is 5.69 Å². The van der Waals surface area contributed by atoms with Crippen molar-refractivity contribution in [1.29, 1.82) is 0 Å². The van der Waals surface area contributed by atoms with E-state index in [0.717, 1.165) is 5.69 Å². The average molecular weight is 182 g/mol. The van der Waals surface area contributed by atoms with E-state index in [9.17, 15) is 4.79 Å². The molecule has 0 aliphatic rings. The van der Waals surface area contributed by atoms with Gasteiger partial charge in [-0.3, -0.25) is 4.79 Å². The summed E-state index contributed by atoms with van der Waals surface area (Å²) in [5, 5.41) is 3.97. The molecule has 2 N–H and O–H groups in total. The predicted molar refractivity (Wildman–Crippen MR) is 51.9 cm³/mol. The van der Waals surface area contributed by atoms with Gasteiger partial charge in [-0.15, -0.1) is 0 Å². The lowest BCUT2D eigenvalue weighted by Gasteiger charge is -2.11. The van der Waals surface area contributed by atoms with Crippen LogP contribution >= 0.6 is 0 Å². The van der Waals surface area contributed by atoms with Gasteiger partial charge in [-0.05, 0) is 0 Å². The summed E-state index contributed by atoms with van der Waals surface area (Å²) in [4.78, 5) is 13.2. The van der Waals surface area contributed by atoms with Gasteiger partial charge in [-0.25, -0.2) is 4.68 Å². The van der Waals surface area contributed by atoms with Crippen molar-refractivity contribution in [3.05, 3.63) is 22.6 Å². The first-order chi connectivity index (χ1) is 6.15. The minimum Gasteiger partial charge on any atom is -0.376 e. The molecule has 0 aliphatic heterocycles. The third-order valence-corrected chi connectivity index (χ3v) is 1.71. The Kier molecular flexibility index (Phi) is 3.02. The highest BCUT2D eigenvalue weighted by molar-refractivity contribution is 5.40. The van der Waals surface area contributed by atoms with Crippen LogP contribution in [0.1, 0.15) is 0 Å². The summed E-state index contributed by atoms with van der Waals surface area (Å²) in [5.41, 5.74) is 6.01. The molecule has 1 aromatic rings. The fourth-order valence-electron chi connectivity index (χ4n) is 0.959. The van der Waals surface area contributed by atoms with E-state index in [1.807, 2.05) is 19.0 Å². The number of rotatable bonds is 3. The molecule has 0 saturated carbocycles. The van der Waals surface area contributed by atoms with E-state index in [-0.39, 0.29) is 5.56 Å². The third-order valence-electron chi connectivity index (χ3n) is 1.71. The Labute approximate surface area is 76.8 Å². The van der Waals surface area contributed by atoms with E-state index >= 15 is 0 Å². The molecule has 1 aromatic heterocycles. The van der Waals surface area contributed by atoms with Gasteiger partial charge in [0.05, 0.1) is 18.4 Å². The number of nitrogens with zero attached hydrogens (tertiary/aromatic N) is 3. The van der Waals surface area contributed by atoms with Gasteiger partial charge in [-0.2, -0.15) is 5.10 Å². The lowest BCUT2D eigenvalue weighted by atomic mass is 10.4. The van der Waals surface area contributed by atoms with Gasteiger partial charge >= 0.3 is 0 Å². The topological polar surface area (TPSA) is 64.2 Å². The molecule has 5 nitrogen and oxygen atoms in total. The minimum atomic E-state index is -0.114. The summed E-state index contributed by atoms with van der Waals surface area (Å²) in [6, 6.07) is 1.54. The molecule has 0 fully saturated rings. The molecular formula is C8H14N4O. The van der Waals surface area contributed by atoms with Crippen molar-refractivity contribution in [3.8, 4) is 0 Å². The second kappa shape index (κ2) is 4.04. The Balaban J connectivity index is 2.99. The Morgan fingerprint density at radius 1 is 1.62 bits per heavy atom. The summed E-state index contributed by atoms with van der Waals surface area (Å²) in [6.45, 7) is 0.890. The van der Waals surface area contributed by atoms with E-state index in [2.05, 4.69) is 5.10 Å². The Hall–Kier alpha value is -1.36. The van der Waals surface area contributed by atoms with Crippen LogP contribution in [0.15, 0.2) is 17.1 Å². The molecule has 0 atom stereocenters. The Morgan fingerprint density at radius 3 is 2.77 bits per heavy atom. The largest absolute Gasteiger partial charge is 0.376 e. The van der Waals surface area contributed by atoms with Crippen molar-refractivity contribution in [1.82, 2.24) is 9.78 Å². The zero-order valence-electron chi connectivity index (χ0n) is 7.90. The first kappa shape index (κ1) is 9.73. The molecule has 0 aromatic carbocycles. The number of anilines is 1. The second-order valence-corrected chi connectivity index (χ2v) is 2.96. The van der Waals surface area contributed by atoms with Crippen molar-refractivity contribution in [3.63, 3.8) is 0 Å². The molecule has 0 saturated heterocycles. The SMILES string of the molecule is CN(C)c1cnn(CCN)c(=O)c1. The molecule has 1 rings (SSSR count). The maximum absolute atomic E-state index is 11.4. The summed E-state index contributed by atoms with van der Waals surface area (Å²) in [5.74, 6) is 0. The third kappa shape index (κ3) is 2.29. The molecule has 0 spiro atoms. The van der Waals surface area contributed by atoms with E-state index in [1.54, 1.807) is 12.3 Å². The minimum absolute atomic E-state index is 0.114. The smallest absolute Gasteiger partial charge is 0.268 e. The molecule has 1 heterocycles. The summed E-state index contributed by atoms with van der Waals surface area (Å²) in [7, 11) is 3.73. The molecule has 5 heteroatoms. The number of hydrogen-bond acceptors (Lipinski definition) is 4. The summed E-state index contributed by atoms with van der Waals surface area (Å²) < 4.78 is 1.35. The van der Waals surface area contributed by atoms with Crippen LogP contribution in [0, 0.1) is 0 Å². The molecule has 0 amide bonds. The first-order valence-electron chi connectivity index (χ1n) is 4.09. The van der Waals surface area contributed by atoms with E-state index in [1.165, 1.54) is 4.68 Å². The Morgan fingerprint density at radius 2 is 2.31 bits per heavy atom. The van der Waals surface area contributed by atoms with Crippen LogP contribution in [0.3, 0.4) is 0 Å². The molecule has 0 unspecified atom stereocenters. The maximum Gasteiger partial charge on any atom is 0.268 e. The maximum atomic E-state index is 11.4. The van der Waals surface area contributed by atoms with Crippen LogP contribution in [0.25, 0.3) is 0 Å². The number of hydrogen-bond donors (Lipinski definition) is 1. The normalized spacial score (nSPS) is 10.1. The quantitative estimate of drug-likeness (QED) is 0.669. The van der Waals surface area contributed by atoms with Crippen LogP contribution < -0.4 is 16.2 Å². The van der Waals surface area contributed by atoms with Crippen molar-refractivity contribution < 1.29 is 0 Å².